The fourth-order valence-electron chi connectivity index (χ4n) is 4.25. The van der Waals surface area contributed by atoms with E-state index in [2.05, 4.69) is 72.0 Å². The zero-order chi connectivity index (χ0) is 22.7. The van der Waals surface area contributed by atoms with Crippen molar-refractivity contribution in [3.63, 3.8) is 0 Å². The van der Waals surface area contributed by atoms with E-state index in [0.29, 0.717) is 5.89 Å². The second-order valence-electron chi connectivity index (χ2n) is 8.16. The van der Waals surface area contributed by atoms with E-state index in [-0.39, 0.29) is 0 Å². The number of anilines is 2. The number of hydrogen-bond donors (Lipinski definition) is 1. The van der Waals surface area contributed by atoms with Gasteiger partial charge in [-0.25, -0.2) is 4.98 Å². The van der Waals surface area contributed by atoms with Crippen LogP contribution in [0.2, 0.25) is 0 Å². The van der Waals surface area contributed by atoms with Crippen LogP contribution in [0.4, 0.5) is 11.4 Å². The van der Waals surface area contributed by atoms with Gasteiger partial charge >= 0.3 is 0 Å². The summed E-state index contributed by atoms with van der Waals surface area (Å²) in [4.78, 5) is 4.74. The highest BCUT2D eigenvalue weighted by atomic mass is 16.3. The van der Waals surface area contributed by atoms with Gasteiger partial charge < -0.3 is 9.73 Å². The molecular formula is C31H22N2O. The first-order valence-electron chi connectivity index (χ1n) is 11.3. The molecule has 1 aromatic heterocycles. The highest BCUT2D eigenvalue weighted by Crippen LogP contribution is 2.37. The predicted octanol–water partition coefficient (Wildman–Crippen LogP) is 8.57. The van der Waals surface area contributed by atoms with E-state index < -0.39 is 0 Å². The van der Waals surface area contributed by atoms with Gasteiger partial charge in [0, 0.05) is 28.1 Å². The van der Waals surface area contributed by atoms with Crippen LogP contribution in [0.25, 0.3) is 44.8 Å². The lowest BCUT2D eigenvalue weighted by Gasteiger charge is -2.13. The second kappa shape index (κ2) is 8.72. The SMILES string of the molecule is c1ccc(-c2cccc(Nc3ccccc3-c3cccc4nc(-c5ccccc5)oc34)c2)cc1. The zero-order valence-corrected chi connectivity index (χ0v) is 18.5. The molecule has 6 rings (SSSR count). The molecule has 0 bridgehead atoms. The molecule has 0 amide bonds. The summed E-state index contributed by atoms with van der Waals surface area (Å²) in [6.07, 6.45) is 0. The number of rotatable bonds is 5. The molecule has 162 valence electrons. The molecule has 3 nitrogen and oxygen atoms in total. The number of oxazole rings is 1. The van der Waals surface area contributed by atoms with Crippen molar-refractivity contribution < 1.29 is 4.42 Å². The Bertz CT molecular complexity index is 1570. The van der Waals surface area contributed by atoms with Gasteiger partial charge in [-0.2, -0.15) is 0 Å². The number of benzene rings is 5. The Hall–Kier alpha value is -4.63. The van der Waals surface area contributed by atoms with E-state index in [9.17, 15) is 0 Å². The molecule has 1 heterocycles. The molecular weight excluding hydrogens is 416 g/mol. The quantitative estimate of drug-likeness (QED) is 0.293. The summed E-state index contributed by atoms with van der Waals surface area (Å²) in [5.41, 5.74) is 9.08. The van der Waals surface area contributed by atoms with E-state index in [1.54, 1.807) is 0 Å². The number of para-hydroxylation sites is 2. The minimum atomic E-state index is 0.629. The first-order valence-corrected chi connectivity index (χ1v) is 11.3. The first kappa shape index (κ1) is 20.0. The zero-order valence-electron chi connectivity index (χ0n) is 18.5. The number of nitrogens with one attached hydrogen (secondary N) is 1. The molecule has 0 unspecified atom stereocenters. The summed E-state index contributed by atoms with van der Waals surface area (Å²) < 4.78 is 6.28. The van der Waals surface area contributed by atoms with Gasteiger partial charge in [0.15, 0.2) is 5.58 Å². The van der Waals surface area contributed by atoms with E-state index in [1.165, 1.54) is 11.1 Å². The molecule has 5 aromatic carbocycles. The van der Waals surface area contributed by atoms with Gasteiger partial charge in [0.25, 0.3) is 0 Å². The molecule has 3 heteroatoms. The van der Waals surface area contributed by atoms with Gasteiger partial charge in [0.1, 0.15) is 5.52 Å². The van der Waals surface area contributed by atoms with Crippen molar-refractivity contribution in [2.24, 2.45) is 0 Å². The van der Waals surface area contributed by atoms with Crippen LogP contribution in [0, 0.1) is 0 Å². The third-order valence-electron chi connectivity index (χ3n) is 5.90. The maximum atomic E-state index is 6.28. The van der Waals surface area contributed by atoms with E-state index in [1.807, 2.05) is 60.7 Å². The van der Waals surface area contributed by atoms with Gasteiger partial charge in [-0.15, -0.1) is 0 Å². The second-order valence-corrected chi connectivity index (χ2v) is 8.16. The van der Waals surface area contributed by atoms with Crippen molar-refractivity contribution in [3.05, 3.63) is 127 Å². The van der Waals surface area contributed by atoms with Crippen molar-refractivity contribution in [3.8, 4) is 33.7 Å². The molecule has 6 aromatic rings. The summed E-state index contributed by atoms with van der Waals surface area (Å²) in [6.45, 7) is 0. The Morgan fingerprint density at radius 2 is 1.18 bits per heavy atom. The van der Waals surface area contributed by atoms with Gasteiger partial charge in [0.2, 0.25) is 5.89 Å². The maximum absolute atomic E-state index is 6.28. The molecule has 1 N–H and O–H groups in total. The average molecular weight is 439 g/mol. The number of hydrogen-bond acceptors (Lipinski definition) is 3. The molecule has 0 aliphatic carbocycles. The summed E-state index contributed by atoms with van der Waals surface area (Å²) >= 11 is 0. The standard InChI is InChI=1S/C31H22N2O/c1-3-11-22(12-4-1)24-15-9-16-25(21-24)32-28-19-8-7-17-26(28)27-18-10-20-29-30(27)34-31(33-29)23-13-5-2-6-14-23/h1-21,32H. The minimum Gasteiger partial charge on any atom is -0.435 e. The normalized spacial score (nSPS) is 10.9. The Kier molecular flexibility index (Phi) is 5.13. The fourth-order valence-corrected chi connectivity index (χ4v) is 4.25. The Morgan fingerprint density at radius 1 is 0.529 bits per heavy atom. The van der Waals surface area contributed by atoms with Crippen molar-refractivity contribution in [2.45, 2.75) is 0 Å². The van der Waals surface area contributed by atoms with Crippen LogP contribution < -0.4 is 5.32 Å². The van der Waals surface area contributed by atoms with Crippen LogP contribution in [0.3, 0.4) is 0 Å². The number of fused-ring (bicyclic) bond motifs is 1. The van der Waals surface area contributed by atoms with Crippen molar-refractivity contribution in [1.29, 1.82) is 0 Å². The summed E-state index contributed by atoms with van der Waals surface area (Å²) in [6, 6.07) is 43.3. The summed E-state index contributed by atoms with van der Waals surface area (Å²) in [5, 5.41) is 3.62. The smallest absolute Gasteiger partial charge is 0.227 e. The lowest BCUT2D eigenvalue weighted by Crippen LogP contribution is -1.94. The van der Waals surface area contributed by atoms with Crippen LogP contribution in [-0.4, -0.2) is 4.98 Å². The minimum absolute atomic E-state index is 0.629. The molecule has 0 saturated carbocycles. The summed E-state index contributed by atoms with van der Waals surface area (Å²) in [5.74, 6) is 0.629. The van der Waals surface area contributed by atoms with Crippen molar-refractivity contribution >= 4 is 22.5 Å². The van der Waals surface area contributed by atoms with Crippen LogP contribution in [0.5, 0.6) is 0 Å². The molecule has 0 fully saturated rings. The molecule has 0 spiro atoms. The van der Waals surface area contributed by atoms with Crippen molar-refractivity contribution in [1.82, 2.24) is 4.98 Å². The monoisotopic (exact) mass is 438 g/mol. The average Bonchev–Trinajstić information content (AvgIpc) is 3.35. The molecule has 0 radical (unpaired) electrons. The van der Waals surface area contributed by atoms with Crippen LogP contribution in [0.15, 0.2) is 132 Å². The highest BCUT2D eigenvalue weighted by Gasteiger charge is 2.15. The largest absolute Gasteiger partial charge is 0.435 e. The van der Waals surface area contributed by atoms with Crippen LogP contribution in [0.1, 0.15) is 0 Å². The molecule has 0 atom stereocenters. The maximum Gasteiger partial charge on any atom is 0.227 e. The fraction of sp³-hybridized carbons (Fsp3) is 0. The lowest BCUT2D eigenvalue weighted by atomic mass is 10.0. The lowest BCUT2D eigenvalue weighted by molar-refractivity contribution is 0.621. The number of aromatic nitrogens is 1. The molecule has 0 aliphatic rings. The van der Waals surface area contributed by atoms with Gasteiger partial charge in [-0.3, -0.25) is 0 Å². The van der Waals surface area contributed by atoms with Crippen molar-refractivity contribution in [2.75, 3.05) is 5.32 Å². The van der Waals surface area contributed by atoms with Gasteiger partial charge in [-0.1, -0.05) is 91.0 Å². The third kappa shape index (κ3) is 3.84. The van der Waals surface area contributed by atoms with Crippen LogP contribution in [-0.2, 0) is 0 Å². The Morgan fingerprint density at radius 3 is 2.00 bits per heavy atom. The van der Waals surface area contributed by atoms with E-state index in [4.69, 9.17) is 9.40 Å². The number of nitrogens with zero attached hydrogens (tertiary/aromatic N) is 1. The van der Waals surface area contributed by atoms with Gasteiger partial charge in [0.05, 0.1) is 0 Å². The predicted molar refractivity (Wildman–Crippen MR) is 140 cm³/mol. The van der Waals surface area contributed by atoms with Crippen LogP contribution >= 0.6 is 0 Å². The summed E-state index contributed by atoms with van der Waals surface area (Å²) in [7, 11) is 0. The first-order chi connectivity index (χ1) is 16.8. The highest BCUT2D eigenvalue weighted by molar-refractivity contribution is 5.96. The molecule has 34 heavy (non-hydrogen) atoms. The Balaban J connectivity index is 1.40. The van der Waals surface area contributed by atoms with E-state index in [0.717, 1.165) is 39.2 Å². The van der Waals surface area contributed by atoms with Gasteiger partial charge in [-0.05, 0) is 47.5 Å². The Labute approximate surface area is 198 Å². The third-order valence-corrected chi connectivity index (χ3v) is 5.90. The molecule has 0 saturated heterocycles. The molecule has 0 aliphatic heterocycles. The van der Waals surface area contributed by atoms with E-state index >= 15 is 0 Å². The topological polar surface area (TPSA) is 38.1 Å².